The van der Waals surface area contributed by atoms with Crippen LogP contribution in [0.4, 0.5) is 0 Å². The lowest BCUT2D eigenvalue weighted by Crippen LogP contribution is -2.36. The second kappa shape index (κ2) is 3.58. The molecule has 2 fully saturated rings. The van der Waals surface area contributed by atoms with Crippen molar-refractivity contribution in [2.24, 2.45) is 5.92 Å². The lowest BCUT2D eigenvalue weighted by molar-refractivity contribution is 0.279. The Kier molecular flexibility index (Phi) is 2.37. The third kappa shape index (κ3) is 1.71. The van der Waals surface area contributed by atoms with Crippen LogP contribution in [0.15, 0.2) is 12.5 Å². The smallest absolute Gasteiger partial charge is 0.0953 e. The average Bonchev–Trinajstić information content (AvgIpc) is 2.86. The first-order chi connectivity index (χ1) is 8.04. The summed E-state index contributed by atoms with van der Waals surface area (Å²) in [5, 5.41) is 3.48. The molecule has 2 heterocycles. The standard InChI is InChI=1S/C14H23N3/c1-13(2,11-4-5-11)17-10-16-8-12(17)14(3)6-7-15-9-14/h8,10-11,15H,4-7,9H2,1-3H3. The molecule has 0 bridgehead atoms. The molecule has 0 spiro atoms. The molecular formula is C14H23N3. The Morgan fingerprint density at radius 3 is 2.82 bits per heavy atom. The van der Waals surface area contributed by atoms with Crippen LogP contribution in [-0.4, -0.2) is 22.6 Å². The number of imidazole rings is 1. The van der Waals surface area contributed by atoms with E-state index >= 15 is 0 Å². The van der Waals surface area contributed by atoms with Gasteiger partial charge in [-0.1, -0.05) is 6.92 Å². The summed E-state index contributed by atoms with van der Waals surface area (Å²) in [6.45, 7) is 9.30. The van der Waals surface area contributed by atoms with E-state index in [4.69, 9.17) is 0 Å². The van der Waals surface area contributed by atoms with Gasteiger partial charge in [0.15, 0.2) is 0 Å². The van der Waals surface area contributed by atoms with Crippen molar-refractivity contribution in [3.63, 3.8) is 0 Å². The van der Waals surface area contributed by atoms with Crippen LogP contribution in [0.1, 0.15) is 45.7 Å². The molecule has 1 aliphatic heterocycles. The molecule has 0 radical (unpaired) electrons. The van der Waals surface area contributed by atoms with Gasteiger partial charge in [-0.15, -0.1) is 0 Å². The normalized spacial score (nSPS) is 29.8. The van der Waals surface area contributed by atoms with E-state index in [1.54, 1.807) is 0 Å². The molecule has 1 saturated carbocycles. The Balaban J connectivity index is 1.98. The summed E-state index contributed by atoms with van der Waals surface area (Å²) in [5.41, 5.74) is 1.92. The van der Waals surface area contributed by atoms with Gasteiger partial charge in [0, 0.05) is 29.4 Å². The van der Waals surface area contributed by atoms with Crippen molar-refractivity contribution in [2.45, 2.75) is 51.0 Å². The van der Waals surface area contributed by atoms with Crippen LogP contribution in [0.25, 0.3) is 0 Å². The van der Waals surface area contributed by atoms with E-state index in [1.165, 1.54) is 25.0 Å². The van der Waals surface area contributed by atoms with Crippen LogP contribution in [0.5, 0.6) is 0 Å². The lowest BCUT2D eigenvalue weighted by Gasteiger charge is -2.34. The van der Waals surface area contributed by atoms with Crippen molar-refractivity contribution in [1.29, 1.82) is 0 Å². The Morgan fingerprint density at radius 2 is 2.24 bits per heavy atom. The van der Waals surface area contributed by atoms with Crippen LogP contribution >= 0.6 is 0 Å². The Labute approximate surface area is 104 Å². The number of aromatic nitrogens is 2. The number of hydrogen-bond acceptors (Lipinski definition) is 2. The Hall–Kier alpha value is -0.830. The molecule has 1 aromatic rings. The van der Waals surface area contributed by atoms with Crippen molar-refractivity contribution in [1.82, 2.24) is 14.9 Å². The molecule has 3 rings (SSSR count). The van der Waals surface area contributed by atoms with E-state index < -0.39 is 0 Å². The second-order valence-electron chi connectivity index (χ2n) is 6.56. The van der Waals surface area contributed by atoms with Crippen LogP contribution in [0, 0.1) is 5.92 Å². The maximum absolute atomic E-state index is 4.42. The lowest BCUT2D eigenvalue weighted by atomic mass is 9.84. The summed E-state index contributed by atoms with van der Waals surface area (Å²) in [7, 11) is 0. The van der Waals surface area contributed by atoms with Gasteiger partial charge >= 0.3 is 0 Å². The molecule has 3 heteroatoms. The molecule has 1 aromatic heterocycles. The summed E-state index contributed by atoms with van der Waals surface area (Å²) >= 11 is 0. The molecule has 3 nitrogen and oxygen atoms in total. The van der Waals surface area contributed by atoms with Gasteiger partial charge in [-0.25, -0.2) is 4.98 Å². The van der Waals surface area contributed by atoms with E-state index in [2.05, 4.69) is 41.8 Å². The quantitative estimate of drug-likeness (QED) is 0.868. The highest BCUT2D eigenvalue weighted by Gasteiger charge is 2.43. The van der Waals surface area contributed by atoms with E-state index in [-0.39, 0.29) is 11.0 Å². The van der Waals surface area contributed by atoms with E-state index in [9.17, 15) is 0 Å². The maximum Gasteiger partial charge on any atom is 0.0953 e. The predicted octanol–water partition coefficient (Wildman–Crippen LogP) is 2.28. The zero-order valence-corrected chi connectivity index (χ0v) is 11.2. The molecule has 1 N–H and O–H groups in total. The highest BCUT2D eigenvalue weighted by atomic mass is 15.1. The predicted molar refractivity (Wildman–Crippen MR) is 69.1 cm³/mol. The monoisotopic (exact) mass is 233 g/mol. The molecule has 0 amide bonds. The maximum atomic E-state index is 4.42. The van der Waals surface area contributed by atoms with Crippen molar-refractivity contribution in [3.05, 3.63) is 18.2 Å². The molecule has 17 heavy (non-hydrogen) atoms. The Bertz CT molecular complexity index is 390. The van der Waals surface area contributed by atoms with Crippen molar-refractivity contribution in [2.75, 3.05) is 13.1 Å². The first-order valence-corrected chi connectivity index (χ1v) is 6.78. The summed E-state index contributed by atoms with van der Waals surface area (Å²) in [5.74, 6) is 0.841. The second-order valence-corrected chi connectivity index (χ2v) is 6.56. The third-order valence-electron chi connectivity index (χ3n) is 4.82. The van der Waals surface area contributed by atoms with E-state index in [0.717, 1.165) is 19.0 Å². The van der Waals surface area contributed by atoms with Gasteiger partial charge in [-0.3, -0.25) is 0 Å². The van der Waals surface area contributed by atoms with Gasteiger partial charge in [-0.2, -0.15) is 0 Å². The van der Waals surface area contributed by atoms with Gasteiger partial charge in [-0.05, 0) is 45.6 Å². The SMILES string of the molecule is CC1(c2cncn2C(C)(C)C2CC2)CCNC1. The average molecular weight is 233 g/mol. The fourth-order valence-corrected chi connectivity index (χ4v) is 3.22. The van der Waals surface area contributed by atoms with Crippen LogP contribution in [0.2, 0.25) is 0 Å². The molecule has 0 aromatic carbocycles. The van der Waals surface area contributed by atoms with E-state index in [0.29, 0.717) is 0 Å². The van der Waals surface area contributed by atoms with E-state index in [1.807, 2.05) is 6.33 Å². The minimum Gasteiger partial charge on any atom is -0.328 e. The van der Waals surface area contributed by atoms with Gasteiger partial charge in [0.1, 0.15) is 0 Å². The fourth-order valence-electron chi connectivity index (χ4n) is 3.22. The number of nitrogens with zero attached hydrogens (tertiary/aromatic N) is 2. The first-order valence-electron chi connectivity index (χ1n) is 6.78. The van der Waals surface area contributed by atoms with Crippen LogP contribution in [-0.2, 0) is 11.0 Å². The minimum atomic E-state index is 0.234. The molecule has 1 atom stereocenters. The topological polar surface area (TPSA) is 29.9 Å². The molecule has 1 saturated heterocycles. The molecule has 94 valence electrons. The minimum absolute atomic E-state index is 0.234. The third-order valence-corrected chi connectivity index (χ3v) is 4.82. The van der Waals surface area contributed by atoms with Gasteiger partial charge < -0.3 is 9.88 Å². The Morgan fingerprint density at radius 1 is 1.47 bits per heavy atom. The highest BCUT2D eigenvalue weighted by Crippen LogP contribution is 2.45. The molecule has 1 unspecified atom stereocenters. The summed E-state index contributed by atoms with van der Waals surface area (Å²) in [6, 6.07) is 0. The fraction of sp³-hybridized carbons (Fsp3) is 0.786. The molecule has 1 aliphatic carbocycles. The summed E-state index contributed by atoms with van der Waals surface area (Å²) in [4.78, 5) is 4.42. The molecular weight excluding hydrogens is 210 g/mol. The van der Waals surface area contributed by atoms with Crippen molar-refractivity contribution in [3.8, 4) is 0 Å². The summed E-state index contributed by atoms with van der Waals surface area (Å²) < 4.78 is 2.44. The van der Waals surface area contributed by atoms with Gasteiger partial charge in [0.2, 0.25) is 0 Å². The number of rotatable bonds is 3. The summed E-state index contributed by atoms with van der Waals surface area (Å²) in [6.07, 6.45) is 8.09. The largest absolute Gasteiger partial charge is 0.328 e. The van der Waals surface area contributed by atoms with Crippen molar-refractivity contribution >= 4 is 0 Å². The van der Waals surface area contributed by atoms with Crippen LogP contribution < -0.4 is 5.32 Å². The zero-order chi connectivity index (χ0) is 12.1. The van der Waals surface area contributed by atoms with Gasteiger partial charge in [0.25, 0.3) is 0 Å². The van der Waals surface area contributed by atoms with Gasteiger partial charge in [0.05, 0.1) is 6.33 Å². The van der Waals surface area contributed by atoms with Crippen LogP contribution in [0.3, 0.4) is 0 Å². The first kappa shape index (κ1) is 11.3. The zero-order valence-electron chi connectivity index (χ0n) is 11.2. The van der Waals surface area contributed by atoms with Crippen molar-refractivity contribution < 1.29 is 0 Å². The highest BCUT2D eigenvalue weighted by molar-refractivity contribution is 5.20. The number of hydrogen-bond donors (Lipinski definition) is 1. The number of nitrogens with one attached hydrogen (secondary N) is 1. The molecule has 2 aliphatic rings.